The lowest BCUT2D eigenvalue weighted by Crippen LogP contribution is -2.32. The van der Waals surface area contributed by atoms with Crippen LogP contribution in [-0.4, -0.2) is 24.3 Å². The van der Waals surface area contributed by atoms with E-state index in [-0.39, 0.29) is 18.1 Å². The molecule has 3 rings (SSSR count). The van der Waals surface area contributed by atoms with Crippen molar-refractivity contribution in [3.05, 3.63) is 58.9 Å². The number of ether oxygens (including phenoxy) is 3. The van der Waals surface area contributed by atoms with Gasteiger partial charge in [0, 0.05) is 6.61 Å². The Balaban J connectivity index is 1.76. The van der Waals surface area contributed by atoms with E-state index in [0.717, 1.165) is 18.4 Å². The molecule has 9 heteroatoms. The highest BCUT2D eigenvalue weighted by Gasteiger charge is 2.31. The molecule has 0 N–H and O–H groups in total. The van der Waals surface area contributed by atoms with Gasteiger partial charge in [0.1, 0.15) is 11.4 Å². The Morgan fingerprint density at radius 2 is 1.56 bits per heavy atom. The van der Waals surface area contributed by atoms with E-state index in [4.69, 9.17) is 9.47 Å². The summed E-state index contributed by atoms with van der Waals surface area (Å²) in [6.07, 6.45) is 2.16. The van der Waals surface area contributed by atoms with E-state index in [1.165, 1.54) is 0 Å². The molecule has 0 bridgehead atoms. The average Bonchev–Trinajstić information content (AvgIpc) is 2.79. The highest BCUT2D eigenvalue weighted by atomic mass is 19.2. The molecule has 0 saturated carbocycles. The van der Waals surface area contributed by atoms with Crippen molar-refractivity contribution >= 4 is 5.97 Å². The summed E-state index contributed by atoms with van der Waals surface area (Å²) in [7, 11) is 0. The van der Waals surface area contributed by atoms with Crippen LogP contribution in [0.25, 0.3) is 0 Å². The zero-order chi connectivity index (χ0) is 25.0. The normalized spacial score (nSPS) is 17.4. The maximum absolute atomic E-state index is 13.9. The molecule has 0 radical (unpaired) electrons. The number of hydrogen-bond acceptors (Lipinski definition) is 4. The smallest absolute Gasteiger partial charge is 0.311 e. The van der Waals surface area contributed by atoms with Crippen molar-refractivity contribution in [2.24, 2.45) is 5.92 Å². The molecule has 0 aromatic heterocycles. The Hall–Kier alpha value is -2.68. The minimum atomic E-state index is -2.32. The molecular weight excluding hydrogens is 459 g/mol. The van der Waals surface area contributed by atoms with Gasteiger partial charge in [-0.2, -0.15) is 8.78 Å². The van der Waals surface area contributed by atoms with E-state index in [0.29, 0.717) is 25.2 Å². The van der Waals surface area contributed by atoms with Crippen LogP contribution in [0.2, 0.25) is 0 Å². The number of carbonyl (C=O) groups is 1. The van der Waals surface area contributed by atoms with Crippen molar-refractivity contribution in [3.63, 3.8) is 0 Å². The number of halogens is 5. The summed E-state index contributed by atoms with van der Waals surface area (Å²) in [5, 5.41) is 0. The lowest BCUT2D eigenvalue weighted by Gasteiger charge is -2.30. The van der Waals surface area contributed by atoms with Crippen LogP contribution < -0.4 is 9.47 Å². The van der Waals surface area contributed by atoms with Gasteiger partial charge >= 0.3 is 5.97 Å². The van der Waals surface area contributed by atoms with Gasteiger partial charge in [0.25, 0.3) is 0 Å². The monoisotopic (exact) mass is 486 g/mol. The van der Waals surface area contributed by atoms with E-state index in [2.05, 4.69) is 4.74 Å². The quantitative estimate of drug-likeness (QED) is 0.152. The van der Waals surface area contributed by atoms with Gasteiger partial charge in [-0.25, -0.2) is 13.2 Å². The van der Waals surface area contributed by atoms with Crippen molar-refractivity contribution in [1.29, 1.82) is 0 Å². The molecule has 4 nitrogen and oxygen atoms in total. The van der Waals surface area contributed by atoms with Crippen molar-refractivity contribution in [3.8, 4) is 11.5 Å². The van der Waals surface area contributed by atoms with Gasteiger partial charge in [-0.05, 0) is 70.1 Å². The molecule has 2 unspecified atom stereocenters. The van der Waals surface area contributed by atoms with Crippen LogP contribution >= 0.6 is 0 Å². The summed E-state index contributed by atoms with van der Waals surface area (Å²) in [4.78, 5) is 12.5. The van der Waals surface area contributed by atoms with Gasteiger partial charge in [0.15, 0.2) is 0 Å². The highest BCUT2D eigenvalue weighted by Crippen LogP contribution is 2.31. The second-order valence-corrected chi connectivity index (χ2v) is 9.30. The Morgan fingerprint density at radius 1 is 0.971 bits per heavy atom. The number of benzene rings is 2. The number of esters is 1. The van der Waals surface area contributed by atoms with Crippen molar-refractivity contribution in [2.45, 2.75) is 64.6 Å². The van der Waals surface area contributed by atoms with Crippen LogP contribution in [0.1, 0.15) is 52.0 Å². The van der Waals surface area contributed by atoms with Crippen LogP contribution in [0, 0.1) is 35.0 Å². The first-order chi connectivity index (χ1) is 16.0. The molecule has 2 aromatic rings. The predicted molar refractivity (Wildman–Crippen MR) is 114 cm³/mol. The van der Waals surface area contributed by atoms with Crippen molar-refractivity contribution in [1.82, 2.24) is 0 Å². The maximum Gasteiger partial charge on any atom is 0.311 e. The van der Waals surface area contributed by atoms with Gasteiger partial charge < -0.3 is 14.2 Å². The summed E-state index contributed by atoms with van der Waals surface area (Å²) in [5.74, 6) is -13.5. The van der Waals surface area contributed by atoms with Gasteiger partial charge in [-0.1, -0.05) is 12.1 Å². The van der Waals surface area contributed by atoms with Gasteiger partial charge in [-0.3, -0.25) is 4.79 Å². The molecule has 0 aliphatic carbocycles. The minimum Gasteiger partial charge on any atom is -0.488 e. The summed E-state index contributed by atoms with van der Waals surface area (Å²) >= 11 is 0. The molecule has 2 atom stereocenters. The minimum absolute atomic E-state index is 0.316. The molecule has 1 fully saturated rings. The zero-order valence-corrected chi connectivity index (χ0v) is 19.2. The molecule has 34 heavy (non-hydrogen) atoms. The summed E-state index contributed by atoms with van der Waals surface area (Å²) in [6.45, 7) is 6.28. The lowest BCUT2D eigenvalue weighted by atomic mass is 9.87. The van der Waals surface area contributed by atoms with Crippen LogP contribution in [0.4, 0.5) is 22.0 Å². The zero-order valence-electron chi connectivity index (χ0n) is 19.2. The van der Waals surface area contributed by atoms with Gasteiger partial charge in [-0.15, -0.1) is 0 Å². The fraction of sp³-hybridized carbons (Fsp3) is 0.480. The third-order valence-corrected chi connectivity index (χ3v) is 5.40. The molecule has 1 heterocycles. The largest absolute Gasteiger partial charge is 0.488 e. The Labute approximate surface area is 195 Å². The Kier molecular flexibility index (Phi) is 8.17. The third kappa shape index (κ3) is 6.46. The fourth-order valence-corrected chi connectivity index (χ4v) is 3.87. The molecule has 2 aromatic carbocycles. The molecule has 186 valence electrons. The summed E-state index contributed by atoms with van der Waals surface area (Å²) in [6, 6.07) is 7.28. The summed E-state index contributed by atoms with van der Waals surface area (Å²) < 4.78 is 84.2. The third-order valence-electron chi connectivity index (χ3n) is 5.40. The standard InChI is InChI=1S/C25H27F5O4/c1-25(2,3)34-16-9-7-14(8-10-16)12-15(17-6-4-5-11-32-17)13-18(31)33-24-22(29)20(27)19(26)21(28)23(24)30/h7-10,15,17H,4-6,11-13H2,1-3H3. The first kappa shape index (κ1) is 25.9. The molecule has 0 amide bonds. The molecule has 1 saturated heterocycles. The van der Waals surface area contributed by atoms with E-state index in [9.17, 15) is 26.7 Å². The second-order valence-electron chi connectivity index (χ2n) is 9.30. The molecule has 1 aliphatic heterocycles. The number of hydrogen-bond donors (Lipinski definition) is 0. The Bertz CT molecular complexity index is 982. The van der Waals surface area contributed by atoms with Crippen LogP contribution in [0.15, 0.2) is 24.3 Å². The maximum atomic E-state index is 13.9. The van der Waals surface area contributed by atoms with Gasteiger partial charge in [0.2, 0.25) is 34.8 Å². The summed E-state index contributed by atoms with van der Waals surface area (Å²) in [5.41, 5.74) is 0.498. The SMILES string of the molecule is CC(C)(C)Oc1ccc(CC(CC(=O)Oc2c(F)c(F)c(F)c(F)c2F)C2CCCCO2)cc1. The first-order valence-corrected chi connectivity index (χ1v) is 11.1. The van der Waals surface area contributed by atoms with E-state index in [1.54, 1.807) is 12.1 Å². The van der Waals surface area contributed by atoms with Crippen LogP contribution in [0.3, 0.4) is 0 Å². The fourth-order valence-electron chi connectivity index (χ4n) is 3.87. The first-order valence-electron chi connectivity index (χ1n) is 11.1. The molecular formula is C25H27F5O4. The van der Waals surface area contributed by atoms with Crippen LogP contribution in [-0.2, 0) is 16.0 Å². The van der Waals surface area contributed by atoms with Crippen molar-refractivity contribution in [2.75, 3.05) is 6.61 Å². The van der Waals surface area contributed by atoms with E-state index < -0.39 is 46.7 Å². The lowest BCUT2D eigenvalue weighted by molar-refractivity contribution is -0.138. The number of carbonyl (C=O) groups excluding carboxylic acids is 1. The average molecular weight is 486 g/mol. The topological polar surface area (TPSA) is 44.8 Å². The highest BCUT2D eigenvalue weighted by molar-refractivity contribution is 5.73. The van der Waals surface area contributed by atoms with Crippen LogP contribution in [0.5, 0.6) is 11.5 Å². The van der Waals surface area contributed by atoms with E-state index >= 15 is 0 Å². The predicted octanol–water partition coefficient (Wildman–Crippen LogP) is 6.28. The second kappa shape index (κ2) is 10.7. The number of rotatable bonds is 7. The van der Waals surface area contributed by atoms with Crippen molar-refractivity contribution < 1.29 is 41.0 Å². The Morgan fingerprint density at radius 3 is 2.09 bits per heavy atom. The van der Waals surface area contributed by atoms with Gasteiger partial charge in [0.05, 0.1) is 12.5 Å². The van der Waals surface area contributed by atoms with E-state index in [1.807, 2.05) is 32.9 Å². The molecule has 0 spiro atoms. The molecule has 1 aliphatic rings.